The van der Waals surface area contributed by atoms with Crippen molar-refractivity contribution in [2.24, 2.45) is 0 Å². The second-order valence-corrected chi connectivity index (χ2v) is 9.38. The van der Waals surface area contributed by atoms with Crippen LogP contribution in [0.5, 0.6) is 0 Å². The summed E-state index contributed by atoms with van der Waals surface area (Å²) in [6.45, 7) is 5.60. The molecule has 0 saturated heterocycles. The molecule has 2 amide bonds. The van der Waals surface area contributed by atoms with Crippen molar-refractivity contribution in [2.45, 2.75) is 71.0 Å². The molecule has 0 bridgehead atoms. The molecule has 2 heterocycles. The van der Waals surface area contributed by atoms with Gasteiger partial charge in [0.25, 0.3) is 5.91 Å². The maximum absolute atomic E-state index is 13.7. The average molecular weight is 473 g/mol. The van der Waals surface area contributed by atoms with Crippen molar-refractivity contribution in [3.63, 3.8) is 0 Å². The van der Waals surface area contributed by atoms with Gasteiger partial charge in [-0.05, 0) is 51.3 Å². The quantitative estimate of drug-likeness (QED) is 0.666. The van der Waals surface area contributed by atoms with Crippen LogP contribution in [0.15, 0.2) is 24.3 Å². The Morgan fingerprint density at radius 2 is 1.97 bits per heavy atom. The number of aryl methyl sites for hydroxylation is 1. The smallest absolute Gasteiger partial charge is 0.358 e. The van der Waals surface area contributed by atoms with Crippen molar-refractivity contribution in [3.05, 3.63) is 46.2 Å². The summed E-state index contributed by atoms with van der Waals surface area (Å²) in [6, 6.07) is 6.85. The first-order valence-corrected chi connectivity index (χ1v) is 11.8. The number of hydrogen-bond donors (Lipinski definition) is 1. The molecular weight excluding hydrogens is 444 g/mol. The van der Waals surface area contributed by atoms with Gasteiger partial charge in [0.15, 0.2) is 5.69 Å². The van der Waals surface area contributed by atoms with Crippen LogP contribution >= 0.6 is 11.6 Å². The number of ether oxygens (including phenoxy) is 1. The maximum Gasteiger partial charge on any atom is 0.358 e. The van der Waals surface area contributed by atoms with E-state index in [9.17, 15) is 14.4 Å². The molecule has 1 N–H and O–H groups in total. The molecule has 176 valence electrons. The number of amides is 2. The van der Waals surface area contributed by atoms with Gasteiger partial charge in [0.05, 0.1) is 23.9 Å². The molecular formula is C24H29ClN4O4. The monoisotopic (exact) mass is 472 g/mol. The van der Waals surface area contributed by atoms with Gasteiger partial charge in [0, 0.05) is 12.1 Å². The highest BCUT2D eigenvalue weighted by Crippen LogP contribution is 2.37. The first-order chi connectivity index (χ1) is 15.7. The zero-order valence-electron chi connectivity index (χ0n) is 19.2. The van der Waals surface area contributed by atoms with Gasteiger partial charge >= 0.3 is 5.97 Å². The molecule has 0 radical (unpaired) electrons. The lowest BCUT2D eigenvalue weighted by atomic mass is 9.91. The predicted molar refractivity (Wildman–Crippen MR) is 125 cm³/mol. The summed E-state index contributed by atoms with van der Waals surface area (Å²) < 4.78 is 6.47. The number of nitrogens with one attached hydrogen (secondary N) is 1. The lowest BCUT2D eigenvalue weighted by Crippen LogP contribution is -2.65. The number of nitrogens with zero attached hydrogens (tertiary/aromatic N) is 3. The summed E-state index contributed by atoms with van der Waals surface area (Å²) in [5.41, 5.74) is 0.331. The van der Waals surface area contributed by atoms with Crippen LogP contribution in [-0.4, -0.2) is 45.8 Å². The van der Waals surface area contributed by atoms with Crippen molar-refractivity contribution >= 4 is 35.1 Å². The number of halogens is 1. The minimum atomic E-state index is -1.29. The standard InChI is InChI=1S/C24H29ClN4O4/c1-4-33-22(31)18-13-20-21(30)29(19-11-10-15(2)12-17(19)25)24(3,14-28(20)27-18)23(32)26-16-8-6-5-7-9-16/h10-13,16H,4-9,14H2,1-3H3,(H,26,32)/t24-/m1/s1. The predicted octanol–water partition coefficient (Wildman–Crippen LogP) is 3.89. The summed E-state index contributed by atoms with van der Waals surface area (Å²) in [7, 11) is 0. The minimum Gasteiger partial charge on any atom is -0.461 e. The third-order valence-electron chi connectivity index (χ3n) is 6.41. The van der Waals surface area contributed by atoms with Crippen molar-refractivity contribution in [2.75, 3.05) is 11.5 Å². The molecule has 33 heavy (non-hydrogen) atoms. The third kappa shape index (κ3) is 4.36. The van der Waals surface area contributed by atoms with E-state index in [0.29, 0.717) is 10.7 Å². The van der Waals surface area contributed by atoms with Crippen molar-refractivity contribution in [1.82, 2.24) is 15.1 Å². The van der Waals surface area contributed by atoms with Crippen LogP contribution in [0.4, 0.5) is 5.69 Å². The fourth-order valence-corrected chi connectivity index (χ4v) is 4.96. The van der Waals surface area contributed by atoms with E-state index in [2.05, 4.69) is 10.4 Å². The molecule has 4 rings (SSSR count). The highest BCUT2D eigenvalue weighted by Gasteiger charge is 2.50. The molecule has 8 nitrogen and oxygen atoms in total. The van der Waals surface area contributed by atoms with E-state index in [1.54, 1.807) is 26.0 Å². The number of anilines is 1. The maximum atomic E-state index is 13.7. The first kappa shape index (κ1) is 23.3. The lowest BCUT2D eigenvalue weighted by Gasteiger charge is -2.44. The van der Waals surface area contributed by atoms with E-state index >= 15 is 0 Å². The fourth-order valence-electron chi connectivity index (χ4n) is 4.64. The Morgan fingerprint density at radius 3 is 2.64 bits per heavy atom. The van der Waals surface area contributed by atoms with Crippen molar-refractivity contribution in [3.8, 4) is 0 Å². The van der Waals surface area contributed by atoms with Crippen LogP contribution in [0, 0.1) is 6.92 Å². The SMILES string of the molecule is CCOC(=O)c1cc2n(n1)C[C@](C)(C(=O)NC1CCCCC1)N(c1ccc(C)cc1Cl)C2=O. The second kappa shape index (κ2) is 9.17. The van der Waals surface area contributed by atoms with Crippen LogP contribution in [0.25, 0.3) is 0 Å². The van der Waals surface area contributed by atoms with Crippen LogP contribution in [0.1, 0.15) is 72.5 Å². The molecule has 1 aliphatic heterocycles. The highest BCUT2D eigenvalue weighted by molar-refractivity contribution is 6.34. The van der Waals surface area contributed by atoms with E-state index in [-0.39, 0.29) is 36.5 Å². The molecule has 1 fully saturated rings. The zero-order chi connectivity index (χ0) is 23.8. The highest BCUT2D eigenvalue weighted by atomic mass is 35.5. The van der Waals surface area contributed by atoms with Crippen molar-refractivity contribution in [1.29, 1.82) is 0 Å². The molecule has 2 aromatic rings. The number of aromatic nitrogens is 2. The van der Waals surface area contributed by atoms with Gasteiger partial charge in [-0.25, -0.2) is 4.79 Å². The van der Waals surface area contributed by atoms with Crippen LogP contribution in [0.3, 0.4) is 0 Å². The molecule has 1 aromatic heterocycles. The first-order valence-electron chi connectivity index (χ1n) is 11.4. The summed E-state index contributed by atoms with van der Waals surface area (Å²) in [4.78, 5) is 41.1. The van der Waals surface area contributed by atoms with E-state index < -0.39 is 17.4 Å². The normalized spacial score (nSPS) is 21.0. The molecule has 9 heteroatoms. The minimum absolute atomic E-state index is 0.0343. The number of fused-ring (bicyclic) bond motifs is 1. The Labute approximate surface area is 198 Å². The Morgan fingerprint density at radius 1 is 1.24 bits per heavy atom. The molecule has 1 aliphatic carbocycles. The average Bonchev–Trinajstić information content (AvgIpc) is 3.20. The second-order valence-electron chi connectivity index (χ2n) is 8.97. The van der Waals surface area contributed by atoms with Crippen LogP contribution in [0.2, 0.25) is 5.02 Å². The van der Waals surface area contributed by atoms with E-state index in [4.69, 9.17) is 16.3 Å². The van der Waals surface area contributed by atoms with Gasteiger partial charge in [0.2, 0.25) is 5.91 Å². The molecule has 2 aliphatic rings. The van der Waals surface area contributed by atoms with Gasteiger partial charge in [-0.1, -0.05) is 36.9 Å². The van der Waals surface area contributed by atoms with Gasteiger partial charge < -0.3 is 10.1 Å². The molecule has 1 aromatic carbocycles. The largest absolute Gasteiger partial charge is 0.461 e. The molecule has 1 saturated carbocycles. The Hall–Kier alpha value is -2.87. The molecule has 0 spiro atoms. The fraction of sp³-hybridized carbons (Fsp3) is 0.500. The summed E-state index contributed by atoms with van der Waals surface area (Å²) in [6.07, 6.45) is 5.14. The number of hydrogen-bond acceptors (Lipinski definition) is 5. The van der Waals surface area contributed by atoms with E-state index in [0.717, 1.165) is 31.2 Å². The number of rotatable bonds is 5. The Balaban J connectivity index is 1.77. The van der Waals surface area contributed by atoms with Crippen LogP contribution < -0.4 is 10.2 Å². The lowest BCUT2D eigenvalue weighted by molar-refractivity contribution is -0.127. The number of esters is 1. The van der Waals surface area contributed by atoms with Gasteiger partial charge in [-0.2, -0.15) is 5.10 Å². The van der Waals surface area contributed by atoms with E-state index in [1.165, 1.54) is 22.1 Å². The molecule has 0 unspecified atom stereocenters. The zero-order valence-corrected chi connectivity index (χ0v) is 19.9. The Bertz CT molecular complexity index is 1090. The topological polar surface area (TPSA) is 93.5 Å². The summed E-state index contributed by atoms with van der Waals surface area (Å²) in [5, 5.41) is 7.82. The number of carbonyl (C=O) groups excluding carboxylic acids is 3. The Kier molecular flexibility index (Phi) is 6.47. The van der Waals surface area contributed by atoms with Crippen molar-refractivity contribution < 1.29 is 19.1 Å². The number of carbonyl (C=O) groups is 3. The third-order valence-corrected chi connectivity index (χ3v) is 6.71. The van der Waals surface area contributed by atoms with Crippen LogP contribution in [-0.2, 0) is 16.1 Å². The molecule has 1 atom stereocenters. The van der Waals surface area contributed by atoms with E-state index in [1.807, 2.05) is 13.0 Å². The van der Waals surface area contributed by atoms with Gasteiger partial charge in [-0.3, -0.25) is 19.2 Å². The van der Waals surface area contributed by atoms with Gasteiger partial charge in [-0.15, -0.1) is 0 Å². The summed E-state index contributed by atoms with van der Waals surface area (Å²) >= 11 is 6.55. The summed E-state index contributed by atoms with van der Waals surface area (Å²) in [5.74, 6) is -1.32. The van der Waals surface area contributed by atoms with Gasteiger partial charge in [0.1, 0.15) is 11.2 Å². The number of benzene rings is 1.